The third kappa shape index (κ3) is 5.68. The molecule has 0 radical (unpaired) electrons. The van der Waals surface area contributed by atoms with Gasteiger partial charge in [-0.1, -0.05) is 25.5 Å². The Kier molecular flexibility index (Phi) is 7.76. The van der Waals surface area contributed by atoms with Gasteiger partial charge in [0, 0.05) is 37.2 Å². The van der Waals surface area contributed by atoms with Crippen molar-refractivity contribution in [1.82, 2.24) is 14.9 Å². The summed E-state index contributed by atoms with van der Waals surface area (Å²) in [6, 6.07) is 16.5. The molecule has 0 spiro atoms. The lowest BCUT2D eigenvalue weighted by atomic mass is 9.94. The summed E-state index contributed by atoms with van der Waals surface area (Å²) in [6.07, 6.45) is 10.2. The van der Waals surface area contributed by atoms with E-state index in [2.05, 4.69) is 40.0 Å². The van der Waals surface area contributed by atoms with Crippen molar-refractivity contribution in [1.29, 1.82) is 0 Å². The normalized spacial score (nSPS) is 18.9. The van der Waals surface area contributed by atoms with E-state index in [1.807, 2.05) is 41.4 Å². The van der Waals surface area contributed by atoms with Gasteiger partial charge in [-0.05, 0) is 73.6 Å². The number of hydrogen-bond acceptors (Lipinski definition) is 6. The van der Waals surface area contributed by atoms with Crippen LogP contribution in [0.3, 0.4) is 0 Å². The van der Waals surface area contributed by atoms with E-state index >= 15 is 0 Å². The molecule has 0 N–H and O–H groups in total. The smallest absolute Gasteiger partial charge is 0.241 e. The van der Waals surface area contributed by atoms with Gasteiger partial charge in [-0.15, -0.1) is 0 Å². The Balaban J connectivity index is 1.33. The van der Waals surface area contributed by atoms with Crippen molar-refractivity contribution < 1.29 is 14.3 Å². The number of aryl methyl sites for hydroxylation is 1. The highest BCUT2D eigenvalue weighted by Gasteiger charge is 2.35. The van der Waals surface area contributed by atoms with E-state index in [9.17, 15) is 4.79 Å². The number of unbranched alkanes of at least 4 members (excludes halogenated alkanes) is 1. The quantitative estimate of drug-likeness (QED) is 0.409. The van der Waals surface area contributed by atoms with Gasteiger partial charge < -0.3 is 14.4 Å². The number of aromatic nitrogens is 2. The summed E-state index contributed by atoms with van der Waals surface area (Å²) in [5, 5.41) is 0. The third-order valence-corrected chi connectivity index (χ3v) is 7.19. The lowest BCUT2D eigenvalue weighted by molar-refractivity contribution is -0.120. The summed E-state index contributed by atoms with van der Waals surface area (Å²) in [4.78, 5) is 26.7. The molecule has 0 saturated carbocycles. The maximum absolute atomic E-state index is 13.6. The Hall–Kier alpha value is -3.45. The molecule has 0 aliphatic carbocycles. The van der Waals surface area contributed by atoms with E-state index in [0.29, 0.717) is 25.0 Å². The van der Waals surface area contributed by atoms with Gasteiger partial charge in [-0.2, -0.15) is 0 Å². The highest BCUT2D eigenvalue weighted by molar-refractivity contribution is 5.94. The first-order chi connectivity index (χ1) is 17.7. The van der Waals surface area contributed by atoms with Gasteiger partial charge >= 0.3 is 0 Å². The van der Waals surface area contributed by atoms with Gasteiger partial charge in [0.25, 0.3) is 0 Å². The summed E-state index contributed by atoms with van der Waals surface area (Å²) in [5.41, 5.74) is 3.20. The molecule has 36 heavy (non-hydrogen) atoms. The zero-order chi connectivity index (χ0) is 24.7. The molecule has 2 unspecified atom stereocenters. The van der Waals surface area contributed by atoms with Crippen LogP contribution in [0, 0.1) is 0 Å². The number of anilines is 1. The standard InChI is InChI=1S/C29H34N4O3/c1-2-3-15-33(26-8-6-13-30-18-26)29(34)20-32-19-23(22-9-12-27-28(17-22)36-21-35-27)16-25(32)11-10-24-7-4-5-14-31-24/h4-9,12-14,17-18,23,25H,2-3,10-11,15-16,19-21H2,1H3. The second kappa shape index (κ2) is 11.5. The summed E-state index contributed by atoms with van der Waals surface area (Å²) in [7, 11) is 0. The second-order valence-electron chi connectivity index (χ2n) is 9.60. The van der Waals surface area contributed by atoms with Crippen LogP contribution in [0.25, 0.3) is 0 Å². The first-order valence-electron chi connectivity index (χ1n) is 12.9. The molecule has 5 rings (SSSR count). The van der Waals surface area contributed by atoms with Crippen molar-refractivity contribution in [2.24, 2.45) is 0 Å². The number of pyridine rings is 2. The average Bonchev–Trinajstić information content (AvgIpc) is 3.55. The van der Waals surface area contributed by atoms with Gasteiger partial charge in [0.15, 0.2) is 11.5 Å². The Morgan fingerprint density at radius 1 is 1.11 bits per heavy atom. The van der Waals surface area contributed by atoms with Crippen LogP contribution in [0.2, 0.25) is 0 Å². The lowest BCUT2D eigenvalue weighted by Gasteiger charge is -2.28. The first-order valence-corrected chi connectivity index (χ1v) is 12.9. The number of ether oxygens (including phenoxy) is 2. The fourth-order valence-corrected chi connectivity index (χ4v) is 5.23. The van der Waals surface area contributed by atoms with E-state index < -0.39 is 0 Å². The number of carbonyl (C=O) groups is 1. The minimum Gasteiger partial charge on any atom is -0.454 e. The molecular weight excluding hydrogens is 452 g/mol. The largest absolute Gasteiger partial charge is 0.454 e. The highest BCUT2D eigenvalue weighted by Crippen LogP contribution is 2.39. The summed E-state index contributed by atoms with van der Waals surface area (Å²) < 4.78 is 11.1. The van der Waals surface area contributed by atoms with E-state index in [4.69, 9.17) is 9.47 Å². The summed E-state index contributed by atoms with van der Waals surface area (Å²) in [5.74, 6) is 2.09. The van der Waals surface area contributed by atoms with Crippen LogP contribution in [0.5, 0.6) is 11.5 Å². The zero-order valence-electron chi connectivity index (χ0n) is 20.9. The van der Waals surface area contributed by atoms with Gasteiger partial charge in [0.1, 0.15) is 0 Å². The monoisotopic (exact) mass is 486 g/mol. The number of likely N-dealkylation sites (tertiary alicyclic amines) is 1. The van der Waals surface area contributed by atoms with E-state index in [1.54, 1.807) is 12.4 Å². The van der Waals surface area contributed by atoms with Crippen LogP contribution in [-0.2, 0) is 11.2 Å². The van der Waals surface area contributed by atoms with Crippen LogP contribution in [0.15, 0.2) is 67.1 Å². The molecule has 1 saturated heterocycles. The van der Waals surface area contributed by atoms with Crippen molar-refractivity contribution >= 4 is 11.6 Å². The number of fused-ring (bicyclic) bond motifs is 1. The number of carbonyl (C=O) groups excluding carboxylic acids is 1. The topological polar surface area (TPSA) is 67.8 Å². The minimum atomic E-state index is 0.130. The molecule has 1 amide bonds. The van der Waals surface area contributed by atoms with Gasteiger partial charge in [0.2, 0.25) is 12.7 Å². The van der Waals surface area contributed by atoms with Crippen molar-refractivity contribution in [3.05, 3.63) is 78.4 Å². The summed E-state index contributed by atoms with van der Waals surface area (Å²) >= 11 is 0. The van der Waals surface area contributed by atoms with Crippen molar-refractivity contribution in [2.45, 2.75) is 51.0 Å². The van der Waals surface area contributed by atoms with Crippen molar-refractivity contribution in [2.75, 3.05) is 31.3 Å². The molecule has 3 aromatic rings. The Morgan fingerprint density at radius 2 is 2.03 bits per heavy atom. The van der Waals surface area contributed by atoms with Crippen molar-refractivity contribution in [3.63, 3.8) is 0 Å². The molecule has 2 atom stereocenters. The number of hydrogen-bond donors (Lipinski definition) is 0. The lowest BCUT2D eigenvalue weighted by Crippen LogP contribution is -2.43. The highest BCUT2D eigenvalue weighted by atomic mass is 16.7. The summed E-state index contributed by atoms with van der Waals surface area (Å²) in [6.45, 7) is 4.37. The fourth-order valence-electron chi connectivity index (χ4n) is 5.23. The molecule has 2 aliphatic rings. The van der Waals surface area contributed by atoms with E-state index in [0.717, 1.165) is 61.5 Å². The van der Waals surface area contributed by atoms with E-state index in [1.165, 1.54) is 5.56 Å². The number of benzene rings is 1. The van der Waals surface area contributed by atoms with Gasteiger partial charge in [0.05, 0.1) is 18.4 Å². The molecule has 1 fully saturated rings. The predicted octanol–water partition coefficient (Wildman–Crippen LogP) is 4.83. The van der Waals surface area contributed by atoms with Crippen LogP contribution < -0.4 is 14.4 Å². The predicted molar refractivity (Wildman–Crippen MR) is 139 cm³/mol. The SMILES string of the molecule is CCCCN(C(=O)CN1CC(c2ccc3c(c2)OCO3)CC1CCc1ccccn1)c1cccnc1. The Morgan fingerprint density at radius 3 is 2.83 bits per heavy atom. The number of amides is 1. The molecule has 1 aromatic carbocycles. The molecular formula is C29H34N4O3. The third-order valence-electron chi connectivity index (χ3n) is 7.19. The molecule has 7 heteroatoms. The van der Waals surface area contributed by atoms with Crippen LogP contribution >= 0.6 is 0 Å². The maximum atomic E-state index is 13.6. The first kappa shape index (κ1) is 24.3. The maximum Gasteiger partial charge on any atom is 0.241 e. The van der Waals surface area contributed by atoms with Crippen LogP contribution in [0.4, 0.5) is 5.69 Å². The molecule has 0 bridgehead atoms. The Labute approximate surface area is 213 Å². The molecule has 2 aromatic heterocycles. The number of nitrogens with zero attached hydrogens (tertiary/aromatic N) is 4. The molecule has 4 heterocycles. The van der Waals surface area contributed by atoms with Crippen molar-refractivity contribution in [3.8, 4) is 11.5 Å². The average molecular weight is 487 g/mol. The zero-order valence-corrected chi connectivity index (χ0v) is 20.9. The fraction of sp³-hybridized carbons (Fsp3) is 0.414. The van der Waals surface area contributed by atoms with Crippen LogP contribution in [-0.4, -0.2) is 53.2 Å². The molecule has 2 aliphatic heterocycles. The van der Waals surface area contributed by atoms with E-state index in [-0.39, 0.29) is 12.7 Å². The minimum absolute atomic E-state index is 0.130. The Bertz CT molecular complexity index is 1140. The van der Waals surface area contributed by atoms with Gasteiger partial charge in [-0.3, -0.25) is 19.7 Å². The second-order valence-corrected chi connectivity index (χ2v) is 9.60. The molecule has 7 nitrogen and oxygen atoms in total. The number of rotatable bonds is 10. The van der Waals surface area contributed by atoms with Crippen LogP contribution in [0.1, 0.15) is 49.8 Å². The van der Waals surface area contributed by atoms with Gasteiger partial charge in [-0.25, -0.2) is 0 Å². The molecule has 188 valence electrons.